The third-order valence-electron chi connectivity index (χ3n) is 3.52. The van der Waals surface area contributed by atoms with E-state index < -0.39 is 17.8 Å². The van der Waals surface area contributed by atoms with Crippen LogP contribution in [0.4, 0.5) is 13.2 Å². The maximum Gasteiger partial charge on any atom is 0.416 e. The molecule has 2 amide bonds. The van der Waals surface area contributed by atoms with Crippen molar-refractivity contribution < 1.29 is 27.5 Å². The van der Waals surface area contributed by atoms with Crippen LogP contribution in [-0.2, 0) is 20.5 Å². The number of amides is 2. The number of nitrogens with zero attached hydrogens (tertiary/aromatic N) is 1. The number of morpholine rings is 1. The molecule has 1 N–H and O–H groups in total. The van der Waals surface area contributed by atoms with E-state index in [1.165, 1.54) is 30.0 Å². The van der Waals surface area contributed by atoms with Crippen LogP contribution < -0.4 is 5.32 Å². The fourth-order valence-corrected chi connectivity index (χ4v) is 2.41. The molecule has 0 aromatic heterocycles. The molecule has 0 bridgehead atoms. The molecule has 5 nitrogen and oxygen atoms in total. The number of nitrogens with one attached hydrogen (secondary N) is 1. The average Bonchev–Trinajstić information content (AvgIpc) is 2.52. The van der Waals surface area contributed by atoms with E-state index in [1.807, 2.05) is 0 Å². The van der Waals surface area contributed by atoms with Gasteiger partial charge in [-0.25, -0.2) is 0 Å². The summed E-state index contributed by atoms with van der Waals surface area (Å²) in [6, 6.07) is 5.17. The topological polar surface area (TPSA) is 58.6 Å². The fraction of sp³-hybridized carbons (Fsp3) is 0.467. The van der Waals surface area contributed by atoms with Crippen LogP contribution in [0.2, 0.25) is 0 Å². The smallest absolute Gasteiger partial charge is 0.370 e. The number of hydrogen-bond donors (Lipinski definition) is 1. The van der Waals surface area contributed by atoms with Gasteiger partial charge in [-0.2, -0.15) is 13.2 Å². The number of rotatable bonds is 3. The number of ether oxygens (including phenoxy) is 1. The summed E-state index contributed by atoms with van der Waals surface area (Å²) in [6.45, 7) is 1.55. The van der Waals surface area contributed by atoms with Gasteiger partial charge in [0.15, 0.2) is 0 Å². The lowest BCUT2D eigenvalue weighted by atomic mass is 10.0. The summed E-state index contributed by atoms with van der Waals surface area (Å²) in [5, 5.41) is 2.38. The molecule has 0 unspecified atom stereocenters. The first-order chi connectivity index (χ1) is 10.8. The van der Waals surface area contributed by atoms with Crippen molar-refractivity contribution in [2.24, 2.45) is 0 Å². The molecule has 0 aliphatic carbocycles. The highest BCUT2D eigenvalue weighted by Crippen LogP contribution is 2.36. The van der Waals surface area contributed by atoms with Crippen LogP contribution >= 0.6 is 0 Å². The molecule has 1 saturated heterocycles. The Kier molecular flexibility index (Phi) is 5.25. The molecular formula is C15H17F3N2O3. The minimum Gasteiger partial charge on any atom is -0.370 e. The number of carbonyl (C=O) groups excluding carboxylic acids is 2. The van der Waals surface area contributed by atoms with E-state index in [4.69, 9.17) is 4.74 Å². The predicted molar refractivity (Wildman–Crippen MR) is 75.4 cm³/mol. The zero-order valence-electron chi connectivity index (χ0n) is 12.5. The van der Waals surface area contributed by atoms with Gasteiger partial charge in [0, 0.05) is 13.5 Å². The monoisotopic (exact) mass is 330 g/mol. The van der Waals surface area contributed by atoms with Crippen LogP contribution in [-0.4, -0.2) is 43.0 Å². The van der Waals surface area contributed by atoms with Crippen molar-refractivity contribution in [3.63, 3.8) is 0 Å². The number of hydrogen-bond acceptors (Lipinski definition) is 3. The summed E-state index contributed by atoms with van der Waals surface area (Å²) in [7, 11) is 0. The Bertz CT molecular complexity index is 590. The lowest BCUT2D eigenvalue weighted by Crippen LogP contribution is -2.46. The predicted octanol–water partition coefficient (Wildman–Crippen LogP) is 1.74. The lowest BCUT2D eigenvalue weighted by Gasteiger charge is -2.34. The molecule has 8 heteroatoms. The van der Waals surface area contributed by atoms with Crippen molar-refractivity contribution >= 4 is 11.8 Å². The first-order valence-corrected chi connectivity index (χ1v) is 7.09. The summed E-state index contributed by atoms with van der Waals surface area (Å²) in [5.41, 5.74) is -0.752. The SMILES string of the molecule is CC(=O)NCC(=O)N1CCO[C@@H](c2ccccc2C(F)(F)F)C1. The first kappa shape index (κ1) is 17.3. The van der Waals surface area contributed by atoms with E-state index >= 15 is 0 Å². The average molecular weight is 330 g/mol. The number of carbonyl (C=O) groups is 2. The highest BCUT2D eigenvalue weighted by Gasteiger charge is 2.36. The van der Waals surface area contributed by atoms with Gasteiger partial charge in [-0.15, -0.1) is 0 Å². The lowest BCUT2D eigenvalue weighted by molar-refractivity contribution is -0.143. The minimum atomic E-state index is -4.48. The first-order valence-electron chi connectivity index (χ1n) is 7.09. The van der Waals surface area contributed by atoms with Crippen LogP contribution in [0.15, 0.2) is 24.3 Å². The maximum atomic E-state index is 13.1. The van der Waals surface area contributed by atoms with Crippen molar-refractivity contribution in [3.8, 4) is 0 Å². The van der Waals surface area contributed by atoms with E-state index in [1.54, 1.807) is 0 Å². The molecule has 0 saturated carbocycles. The summed E-state index contributed by atoms with van der Waals surface area (Å²) in [6.07, 6.45) is -5.33. The molecule has 1 aromatic rings. The summed E-state index contributed by atoms with van der Waals surface area (Å²) >= 11 is 0. The minimum absolute atomic E-state index is 0.0111. The summed E-state index contributed by atoms with van der Waals surface area (Å²) in [5.74, 6) is -0.691. The van der Waals surface area contributed by atoms with Gasteiger partial charge in [0.1, 0.15) is 6.10 Å². The third kappa shape index (κ3) is 4.44. The molecule has 1 heterocycles. The highest BCUT2D eigenvalue weighted by molar-refractivity contribution is 5.83. The second-order valence-electron chi connectivity index (χ2n) is 5.19. The third-order valence-corrected chi connectivity index (χ3v) is 3.52. The van der Waals surface area contributed by atoms with Crippen molar-refractivity contribution in [3.05, 3.63) is 35.4 Å². The van der Waals surface area contributed by atoms with Crippen LogP contribution in [0.1, 0.15) is 24.2 Å². The normalized spacial score (nSPS) is 18.6. The second-order valence-corrected chi connectivity index (χ2v) is 5.19. The Morgan fingerprint density at radius 2 is 2.04 bits per heavy atom. The zero-order chi connectivity index (χ0) is 17.0. The van der Waals surface area contributed by atoms with Gasteiger partial charge < -0.3 is 15.0 Å². The van der Waals surface area contributed by atoms with Crippen molar-refractivity contribution in [2.45, 2.75) is 19.2 Å². The largest absolute Gasteiger partial charge is 0.416 e. The van der Waals surface area contributed by atoms with E-state index in [2.05, 4.69) is 5.32 Å². The fourth-order valence-electron chi connectivity index (χ4n) is 2.41. The van der Waals surface area contributed by atoms with Crippen LogP contribution in [0, 0.1) is 0 Å². The number of halogens is 3. The van der Waals surface area contributed by atoms with Crippen LogP contribution in [0.5, 0.6) is 0 Å². The molecular weight excluding hydrogens is 313 g/mol. The molecule has 1 aromatic carbocycles. The van der Waals surface area contributed by atoms with Crippen LogP contribution in [0.25, 0.3) is 0 Å². The molecule has 0 radical (unpaired) electrons. The molecule has 1 atom stereocenters. The molecule has 23 heavy (non-hydrogen) atoms. The van der Waals surface area contributed by atoms with Crippen LogP contribution in [0.3, 0.4) is 0 Å². The Morgan fingerprint density at radius 3 is 2.70 bits per heavy atom. The molecule has 2 rings (SSSR count). The zero-order valence-corrected chi connectivity index (χ0v) is 12.5. The molecule has 1 aliphatic heterocycles. The van der Waals surface area contributed by atoms with Crippen molar-refractivity contribution in [1.82, 2.24) is 10.2 Å². The quantitative estimate of drug-likeness (QED) is 0.918. The highest BCUT2D eigenvalue weighted by atomic mass is 19.4. The van der Waals surface area contributed by atoms with E-state index in [-0.39, 0.29) is 43.6 Å². The van der Waals surface area contributed by atoms with Gasteiger partial charge in [-0.1, -0.05) is 18.2 Å². The van der Waals surface area contributed by atoms with Crippen molar-refractivity contribution in [2.75, 3.05) is 26.2 Å². The Morgan fingerprint density at radius 1 is 1.35 bits per heavy atom. The maximum absolute atomic E-state index is 13.1. The molecule has 1 aliphatic rings. The van der Waals surface area contributed by atoms with E-state index in [0.717, 1.165) is 6.07 Å². The molecule has 0 spiro atoms. The second kappa shape index (κ2) is 6.99. The molecule has 126 valence electrons. The Hall–Kier alpha value is -2.09. The summed E-state index contributed by atoms with van der Waals surface area (Å²) in [4.78, 5) is 24.2. The van der Waals surface area contributed by atoms with E-state index in [0.29, 0.717) is 0 Å². The van der Waals surface area contributed by atoms with Gasteiger partial charge in [0.05, 0.1) is 25.3 Å². The Balaban J connectivity index is 2.13. The number of alkyl halides is 3. The standard InChI is InChI=1S/C15H17F3N2O3/c1-10(21)19-8-14(22)20-6-7-23-13(9-20)11-4-2-3-5-12(11)15(16,17)18/h2-5,13H,6-9H2,1H3,(H,19,21)/t13-/m1/s1. The van der Waals surface area contributed by atoms with E-state index in [9.17, 15) is 22.8 Å². The van der Waals surface area contributed by atoms with Crippen molar-refractivity contribution in [1.29, 1.82) is 0 Å². The number of benzene rings is 1. The van der Waals surface area contributed by atoms with Gasteiger partial charge in [-0.3, -0.25) is 9.59 Å². The van der Waals surface area contributed by atoms with Gasteiger partial charge in [0.25, 0.3) is 0 Å². The van der Waals surface area contributed by atoms with Gasteiger partial charge >= 0.3 is 6.18 Å². The van der Waals surface area contributed by atoms with Gasteiger partial charge in [0.2, 0.25) is 11.8 Å². The molecule has 1 fully saturated rings. The Labute approximate surface area is 131 Å². The van der Waals surface area contributed by atoms with Gasteiger partial charge in [-0.05, 0) is 11.6 Å². The summed E-state index contributed by atoms with van der Waals surface area (Å²) < 4.78 is 44.7.